The lowest BCUT2D eigenvalue weighted by Gasteiger charge is -2.17. The molecule has 8 nitrogen and oxygen atoms in total. The highest BCUT2D eigenvalue weighted by molar-refractivity contribution is 7.90. The average molecular weight is 467 g/mol. The van der Waals surface area contributed by atoms with E-state index >= 15 is 0 Å². The third-order valence-electron chi connectivity index (χ3n) is 5.51. The molecule has 0 saturated heterocycles. The number of halogens is 1. The van der Waals surface area contributed by atoms with Gasteiger partial charge in [-0.15, -0.1) is 0 Å². The summed E-state index contributed by atoms with van der Waals surface area (Å²) in [5.74, 6) is 0.0895. The molecule has 0 unspecified atom stereocenters. The number of amides is 1. The van der Waals surface area contributed by atoms with Gasteiger partial charge in [-0.05, 0) is 67.7 Å². The van der Waals surface area contributed by atoms with Crippen molar-refractivity contribution in [1.82, 2.24) is 14.7 Å². The number of carbonyl (C=O) groups excluding carboxylic acids is 1. The van der Waals surface area contributed by atoms with Crippen LogP contribution >= 0.6 is 11.6 Å². The molecule has 3 N–H and O–H groups in total. The minimum absolute atomic E-state index is 0.0430. The Bertz CT molecular complexity index is 1110. The van der Waals surface area contributed by atoms with Crippen molar-refractivity contribution in [1.29, 1.82) is 0 Å². The van der Waals surface area contributed by atoms with Gasteiger partial charge in [0.1, 0.15) is 16.5 Å². The summed E-state index contributed by atoms with van der Waals surface area (Å²) in [6.45, 7) is 5.30. The molecule has 3 rings (SSSR count). The Morgan fingerprint density at radius 1 is 1.29 bits per heavy atom. The summed E-state index contributed by atoms with van der Waals surface area (Å²) in [7, 11) is -4.25. The monoisotopic (exact) mass is 466 g/mol. The molecule has 2 aromatic rings. The zero-order valence-corrected chi connectivity index (χ0v) is 19.1. The molecule has 168 valence electrons. The highest BCUT2D eigenvalue weighted by Crippen LogP contribution is 2.42. The molecule has 1 amide bonds. The molecule has 2 heterocycles. The van der Waals surface area contributed by atoms with Crippen LogP contribution in [0.3, 0.4) is 0 Å². The number of pyridine rings is 2. The Morgan fingerprint density at radius 2 is 2.06 bits per heavy atom. The number of aromatic amines is 1. The minimum Gasteiger partial charge on any atom is -0.370 e. The first-order chi connectivity index (χ1) is 14.6. The fourth-order valence-electron chi connectivity index (χ4n) is 3.95. The second-order valence-electron chi connectivity index (χ2n) is 8.69. The Hall–Kier alpha value is -2.39. The van der Waals surface area contributed by atoms with Crippen molar-refractivity contribution >= 4 is 33.3 Å². The van der Waals surface area contributed by atoms with Crippen LogP contribution in [0.25, 0.3) is 0 Å². The predicted octanol–water partition coefficient (Wildman–Crippen LogP) is 3.56. The van der Waals surface area contributed by atoms with E-state index in [1.165, 1.54) is 31.4 Å². The maximum Gasteiger partial charge on any atom is 0.281 e. The third-order valence-corrected chi connectivity index (χ3v) is 6.96. The largest absolute Gasteiger partial charge is 0.370 e. The predicted molar refractivity (Wildman–Crippen MR) is 120 cm³/mol. The van der Waals surface area contributed by atoms with Gasteiger partial charge in [0.2, 0.25) is 0 Å². The van der Waals surface area contributed by atoms with Crippen molar-refractivity contribution in [3.05, 3.63) is 51.4 Å². The number of carbonyl (C=O) groups is 1. The second kappa shape index (κ2) is 9.40. The number of anilines is 1. The highest BCUT2D eigenvalue weighted by atomic mass is 35.5. The van der Waals surface area contributed by atoms with Crippen molar-refractivity contribution in [3.63, 3.8) is 0 Å². The smallest absolute Gasteiger partial charge is 0.281 e. The Kier molecular flexibility index (Phi) is 7.06. The molecule has 1 aliphatic rings. The summed E-state index contributed by atoms with van der Waals surface area (Å²) >= 11 is 5.65. The number of nitrogens with one attached hydrogen (secondary N) is 3. The van der Waals surface area contributed by atoms with E-state index in [4.69, 9.17) is 11.6 Å². The molecule has 0 bridgehead atoms. The molecule has 2 aromatic heterocycles. The fourth-order valence-corrected chi connectivity index (χ4v) is 5.04. The maximum absolute atomic E-state index is 12.6. The van der Waals surface area contributed by atoms with Crippen molar-refractivity contribution in [2.24, 2.45) is 11.3 Å². The summed E-state index contributed by atoms with van der Waals surface area (Å²) in [4.78, 5) is 30.4. The van der Waals surface area contributed by atoms with Gasteiger partial charge in [0.25, 0.3) is 21.5 Å². The zero-order valence-electron chi connectivity index (χ0n) is 17.6. The van der Waals surface area contributed by atoms with E-state index in [9.17, 15) is 18.0 Å². The second-order valence-corrected chi connectivity index (χ2v) is 10.7. The van der Waals surface area contributed by atoms with Gasteiger partial charge in [-0.2, -0.15) is 8.42 Å². The maximum atomic E-state index is 12.6. The van der Waals surface area contributed by atoms with Crippen molar-refractivity contribution < 1.29 is 13.2 Å². The van der Waals surface area contributed by atoms with E-state index in [1.54, 1.807) is 12.1 Å². The first kappa shape index (κ1) is 23.3. The van der Waals surface area contributed by atoms with Crippen LogP contribution < -0.4 is 15.6 Å². The first-order valence-corrected chi connectivity index (χ1v) is 12.1. The van der Waals surface area contributed by atoms with Crippen LogP contribution in [-0.2, 0) is 10.0 Å². The molecule has 1 saturated carbocycles. The molecule has 1 fully saturated rings. The van der Waals surface area contributed by atoms with Crippen LogP contribution in [0.15, 0.2) is 40.2 Å². The van der Waals surface area contributed by atoms with Gasteiger partial charge in [0, 0.05) is 6.54 Å². The molecule has 1 aliphatic carbocycles. The summed E-state index contributed by atoms with van der Waals surface area (Å²) < 4.78 is 27.0. The average Bonchev–Trinajstić information content (AvgIpc) is 3.03. The summed E-state index contributed by atoms with van der Waals surface area (Å²) in [6, 6.07) is 6.95. The van der Waals surface area contributed by atoms with Gasteiger partial charge in [0.05, 0.1) is 0 Å². The molecule has 0 radical (unpaired) electrons. The van der Waals surface area contributed by atoms with Crippen molar-refractivity contribution in [2.75, 3.05) is 11.9 Å². The topological polar surface area (TPSA) is 121 Å². The zero-order chi connectivity index (χ0) is 22.6. The van der Waals surface area contributed by atoms with Crippen LogP contribution in [-0.4, -0.2) is 30.8 Å². The molecular weight excluding hydrogens is 440 g/mol. The van der Waals surface area contributed by atoms with Gasteiger partial charge in [-0.1, -0.05) is 31.5 Å². The minimum atomic E-state index is -4.25. The third kappa shape index (κ3) is 6.30. The lowest BCUT2D eigenvalue weighted by molar-refractivity contribution is 0.0980. The normalized spacial score (nSPS) is 18.0. The van der Waals surface area contributed by atoms with E-state index in [0.29, 0.717) is 17.8 Å². The molecule has 1 atom stereocenters. The number of aromatic nitrogens is 2. The number of sulfonamides is 1. The number of hydrogen-bond acceptors (Lipinski definition) is 6. The molecule has 0 spiro atoms. The fraction of sp³-hybridized carbons (Fsp3) is 0.476. The standard InChI is InChI=1S/C21H27ClN4O4S/c1-21(2)11-10-14(13-21)5-4-12-23-17-6-3-7-18(25-17)31(29,30)26-20(28)15-8-9-16(22)24-19(15)27/h3,6-9,14H,4-5,10-13H2,1-2H3,(H,23,25)(H,24,27)(H,26,28)/t14-/m1/s1. The quantitative estimate of drug-likeness (QED) is 0.404. The summed E-state index contributed by atoms with van der Waals surface area (Å²) in [5.41, 5.74) is -0.712. The lowest BCUT2D eigenvalue weighted by atomic mass is 9.89. The van der Waals surface area contributed by atoms with Crippen LogP contribution in [0.2, 0.25) is 5.15 Å². The molecule has 0 aromatic carbocycles. The molecule has 0 aliphatic heterocycles. The number of nitrogens with zero attached hydrogens (tertiary/aromatic N) is 1. The number of rotatable bonds is 8. The summed E-state index contributed by atoms with van der Waals surface area (Å²) in [6.07, 6.45) is 5.86. The highest BCUT2D eigenvalue weighted by Gasteiger charge is 2.30. The van der Waals surface area contributed by atoms with Gasteiger partial charge in [-0.3, -0.25) is 9.59 Å². The van der Waals surface area contributed by atoms with Crippen LogP contribution in [0.5, 0.6) is 0 Å². The summed E-state index contributed by atoms with van der Waals surface area (Å²) in [5, 5.41) is 2.88. The van der Waals surface area contributed by atoms with E-state index in [-0.39, 0.29) is 15.7 Å². The molecule has 31 heavy (non-hydrogen) atoms. The van der Waals surface area contributed by atoms with Gasteiger partial charge in [-0.25, -0.2) is 9.71 Å². The Labute approximate surface area is 186 Å². The first-order valence-electron chi connectivity index (χ1n) is 10.2. The Morgan fingerprint density at radius 3 is 2.74 bits per heavy atom. The van der Waals surface area contributed by atoms with Gasteiger partial charge in [0.15, 0.2) is 5.03 Å². The van der Waals surface area contributed by atoms with Crippen LogP contribution in [0.4, 0.5) is 5.82 Å². The van der Waals surface area contributed by atoms with Gasteiger partial charge >= 0.3 is 0 Å². The van der Waals surface area contributed by atoms with E-state index < -0.39 is 21.5 Å². The number of H-pyrrole nitrogens is 1. The molecule has 10 heteroatoms. The van der Waals surface area contributed by atoms with E-state index in [0.717, 1.165) is 24.8 Å². The number of hydrogen-bond donors (Lipinski definition) is 3. The van der Waals surface area contributed by atoms with Crippen molar-refractivity contribution in [3.8, 4) is 0 Å². The molecular formula is C21H27ClN4O4S. The van der Waals surface area contributed by atoms with E-state index in [2.05, 4.69) is 29.1 Å². The lowest BCUT2D eigenvalue weighted by Crippen LogP contribution is -2.34. The van der Waals surface area contributed by atoms with Crippen LogP contribution in [0.1, 0.15) is 56.3 Å². The van der Waals surface area contributed by atoms with Gasteiger partial charge < -0.3 is 10.3 Å². The van der Waals surface area contributed by atoms with E-state index in [1.807, 2.05) is 4.72 Å². The van der Waals surface area contributed by atoms with Crippen molar-refractivity contribution in [2.45, 2.75) is 51.0 Å². The Balaban J connectivity index is 1.58. The SMILES string of the molecule is CC1(C)CC[C@@H](CCCNc2cccc(S(=O)(=O)NC(=O)c3ccc(Cl)[nH]c3=O)n2)C1. The van der Waals surface area contributed by atoms with Crippen LogP contribution in [0, 0.1) is 11.3 Å².